The average Bonchev–Trinajstić information content (AvgIpc) is 3.06. The molecular weight excluding hydrogens is 507 g/mol. The fraction of sp³-hybridized carbons (Fsp3) is 0.174. The number of allylic oxidation sites excluding steroid dienone is 1. The highest BCUT2D eigenvalue weighted by molar-refractivity contribution is 7.07. The third kappa shape index (κ3) is 4.34. The summed E-state index contributed by atoms with van der Waals surface area (Å²) in [4.78, 5) is 31.3. The molecule has 0 spiro atoms. The van der Waals surface area contributed by atoms with Crippen LogP contribution >= 0.6 is 46.1 Å². The predicted molar refractivity (Wildman–Crippen MR) is 130 cm³/mol. The van der Waals surface area contributed by atoms with Crippen LogP contribution in [0, 0.1) is 0 Å². The monoisotopic (exact) mass is 522 g/mol. The number of rotatable bonds is 4. The lowest BCUT2D eigenvalue weighted by Crippen LogP contribution is -2.40. The smallest absolute Gasteiger partial charge is 0.338 e. The molecule has 0 saturated carbocycles. The summed E-state index contributed by atoms with van der Waals surface area (Å²) in [5, 5.41) is 11.1. The molecular formula is C23H17Cl3N2O4S. The Morgan fingerprint density at radius 3 is 2.67 bits per heavy atom. The van der Waals surface area contributed by atoms with Gasteiger partial charge in [0.05, 0.1) is 27.4 Å². The van der Waals surface area contributed by atoms with Gasteiger partial charge in [0.1, 0.15) is 11.8 Å². The topological polar surface area (TPSA) is 80.9 Å². The largest absolute Gasteiger partial charge is 0.506 e. The highest BCUT2D eigenvalue weighted by atomic mass is 35.5. The number of aromatic hydroxyl groups is 1. The van der Waals surface area contributed by atoms with E-state index in [1.165, 1.54) is 22.8 Å². The molecule has 3 aromatic rings. The Morgan fingerprint density at radius 1 is 1.24 bits per heavy atom. The Bertz CT molecular complexity index is 1490. The summed E-state index contributed by atoms with van der Waals surface area (Å²) in [7, 11) is 0. The van der Waals surface area contributed by atoms with Crippen molar-refractivity contribution < 1.29 is 14.6 Å². The zero-order chi connectivity index (χ0) is 23.9. The molecule has 2 heterocycles. The van der Waals surface area contributed by atoms with Gasteiger partial charge in [0.15, 0.2) is 4.80 Å². The van der Waals surface area contributed by atoms with Gasteiger partial charge in [-0.1, -0.05) is 64.3 Å². The van der Waals surface area contributed by atoms with E-state index in [0.29, 0.717) is 26.1 Å². The molecule has 0 bridgehead atoms. The maximum Gasteiger partial charge on any atom is 0.338 e. The molecule has 6 nitrogen and oxygen atoms in total. The van der Waals surface area contributed by atoms with Crippen molar-refractivity contribution in [3.63, 3.8) is 0 Å². The average molecular weight is 524 g/mol. The Kier molecular flexibility index (Phi) is 6.68. The highest BCUT2D eigenvalue weighted by Gasteiger charge is 2.34. The van der Waals surface area contributed by atoms with E-state index in [0.717, 1.165) is 11.3 Å². The van der Waals surface area contributed by atoms with Crippen molar-refractivity contribution in [2.24, 2.45) is 4.99 Å². The van der Waals surface area contributed by atoms with Gasteiger partial charge in [-0.15, -0.1) is 0 Å². The minimum absolute atomic E-state index is 0.0657. The first-order valence-electron chi connectivity index (χ1n) is 9.85. The van der Waals surface area contributed by atoms with Crippen LogP contribution in [-0.4, -0.2) is 22.2 Å². The third-order valence-corrected chi connectivity index (χ3v) is 6.89. The van der Waals surface area contributed by atoms with Crippen molar-refractivity contribution in [2.75, 3.05) is 6.61 Å². The number of esters is 1. The van der Waals surface area contributed by atoms with Gasteiger partial charge in [-0.2, -0.15) is 0 Å². The summed E-state index contributed by atoms with van der Waals surface area (Å²) in [5.74, 6) is -0.768. The molecule has 170 valence electrons. The molecule has 1 atom stereocenters. The maximum absolute atomic E-state index is 13.5. The van der Waals surface area contributed by atoms with Crippen molar-refractivity contribution in [3.8, 4) is 5.75 Å². The van der Waals surface area contributed by atoms with Gasteiger partial charge in [-0.3, -0.25) is 9.36 Å². The van der Waals surface area contributed by atoms with Crippen molar-refractivity contribution in [3.05, 3.63) is 93.6 Å². The molecule has 4 rings (SSSR count). The molecule has 0 aliphatic carbocycles. The van der Waals surface area contributed by atoms with Crippen LogP contribution in [0.15, 0.2) is 57.5 Å². The summed E-state index contributed by atoms with van der Waals surface area (Å²) in [6.45, 7) is 3.57. The predicted octanol–water partition coefficient (Wildman–Crippen LogP) is 4.46. The summed E-state index contributed by atoms with van der Waals surface area (Å²) < 4.78 is 6.95. The number of nitrogens with zero attached hydrogens (tertiary/aromatic N) is 2. The van der Waals surface area contributed by atoms with E-state index in [1.807, 2.05) is 0 Å². The summed E-state index contributed by atoms with van der Waals surface area (Å²) in [5.41, 5.74) is 1.11. The molecule has 33 heavy (non-hydrogen) atoms. The van der Waals surface area contributed by atoms with Gasteiger partial charge in [0.25, 0.3) is 5.56 Å². The quantitative estimate of drug-likeness (QED) is 0.512. The van der Waals surface area contributed by atoms with Gasteiger partial charge < -0.3 is 9.84 Å². The van der Waals surface area contributed by atoms with Crippen molar-refractivity contribution >= 4 is 58.2 Å². The lowest BCUT2D eigenvalue weighted by molar-refractivity contribution is -0.139. The first-order valence-corrected chi connectivity index (χ1v) is 11.8. The first-order chi connectivity index (χ1) is 15.7. The third-order valence-electron chi connectivity index (χ3n) is 5.06. The highest BCUT2D eigenvalue weighted by Crippen LogP contribution is 2.35. The second kappa shape index (κ2) is 9.35. The second-order valence-electron chi connectivity index (χ2n) is 7.15. The minimum atomic E-state index is -0.826. The van der Waals surface area contributed by atoms with Gasteiger partial charge in [0.2, 0.25) is 0 Å². The number of benzene rings is 2. The lowest BCUT2D eigenvalue weighted by Gasteiger charge is -2.25. The van der Waals surface area contributed by atoms with E-state index >= 15 is 0 Å². The number of halogens is 3. The van der Waals surface area contributed by atoms with E-state index in [-0.39, 0.29) is 33.0 Å². The van der Waals surface area contributed by atoms with Crippen LogP contribution in [0.4, 0.5) is 0 Å². The number of phenols is 1. The normalized spacial score (nSPS) is 15.9. The molecule has 0 amide bonds. The van der Waals surface area contributed by atoms with E-state index in [2.05, 4.69) is 4.99 Å². The van der Waals surface area contributed by atoms with Crippen molar-refractivity contribution in [2.45, 2.75) is 19.9 Å². The van der Waals surface area contributed by atoms with Crippen LogP contribution in [0.25, 0.3) is 6.08 Å². The molecule has 0 radical (unpaired) electrons. The van der Waals surface area contributed by atoms with Gasteiger partial charge in [-0.05, 0) is 43.7 Å². The number of ether oxygens (including phenoxy) is 1. The number of phenolic OH excluding ortho intramolecular Hbond substituents is 1. The molecule has 1 unspecified atom stereocenters. The number of fused-ring (bicyclic) bond motifs is 1. The SMILES string of the molecule is CCOC(=O)C1=C(C)N=c2s/c(=C\c3cc(Cl)cc(Cl)c3O)c(=O)n2C1c1ccccc1Cl. The fourth-order valence-corrected chi connectivity index (χ4v) is 5.41. The van der Waals surface area contributed by atoms with E-state index in [4.69, 9.17) is 39.5 Å². The molecule has 1 aliphatic heterocycles. The Hall–Kier alpha value is -2.58. The van der Waals surface area contributed by atoms with Crippen molar-refractivity contribution in [1.82, 2.24) is 4.57 Å². The molecule has 2 aromatic carbocycles. The van der Waals surface area contributed by atoms with Gasteiger partial charge >= 0.3 is 5.97 Å². The fourth-order valence-electron chi connectivity index (χ4n) is 3.62. The zero-order valence-electron chi connectivity index (χ0n) is 17.4. The first kappa shape index (κ1) is 23.6. The van der Waals surface area contributed by atoms with Crippen LogP contribution in [0.2, 0.25) is 15.1 Å². The van der Waals surface area contributed by atoms with Crippen LogP contribution < -0.4 is 14.9 Å². The van der Waals surface area contributed by atoms with Gasteiger partial charge in [-0.25, -0.2) is 9.79 Å². The Balaban J connectivity index is 2.01. The van der Waals surface area contributed by atoms with Crippen molar-refractivity contribution in [1.29, 1.82) is 0 Å². The van der Waals surface area contributed by atoms with E-state index < -0.39 is 17.6 Å². The Morgan fingerprint density at radius 2 is 1.97 bits per heavy atom. The zero-order valence-corrected chi connectivity index (χ0v) is 20.5. The summed E-state index contributed by atoms with van der Waals surface area (Å²) in [6.07, 6.45) is 1.49. The second-order valence-corrected chi connectivity index (χ2v) is 9.41. The minimum Gasteiger partial charge on any atom is -0.506 e. The Labute approximate surface area is 207 Å². The van der Waals surface area contributed by atoms with Crippen LogP contribution in [0.5, 0.6) is 5.75 Å². The molecule has 1 N–H and O–H groups in total. The number of thiazole rings is 1. The molecule has 1 aliphatic rings. The van der Waals surface area contributed by atoms with Crippen LogP contribution in [0.1, 0.15) is 31.0 Å². The molecule has 1 aromatic heterocycles. The number of hydrogen-bond acceptors (Lipinski definition) is 6. The molecule has 10 heteroatoms. The summed E-state index contributed by atoms with van der Waals surface area (Å²) in [6, 6.07) is 9.07. The number of hydrogen-bond donors (Lipinski definition) is 1. The number of carbonyl (C=O) groups excluding carboxylic acids is 1. The van der Waals surface area contributed by atoms with E-state index in [9.17, 15) is 14.7 Å². The lowest BCUT2D eigenvalue weighted by atomic mass is 9.96. The molecule has 0 saturated heterocycles. The number of aromatic nitrogens is 1. The van der Waals surface area contributed by atoms with Crippen LogP contribution in [0.3, 0.4) is 0 Å². The number of carbonyl (C=O) groups is 1. The maximum atomic E-state index is 13.5. The van der Waals surface area contributed by atoms with E-state index in [1.54, 1.807) is 38.1 Å². The van der Waals surface area contributed by atoms with Gasteiger partial charge in [0, 0.05) is 15.6 Å². The summed E-state index contributed by atoms with van der Waals surface area (Å²) >= 11 is 19.7. The molecule has 0 fully saturated rings. The van der Waals surface area contributed by atoms with Crippen LogP contribution in [-0.2, 0) is 9.53 Å². The standard InChI is InChI=1S/C23H17Cl3N2O4S/c1-3-32-22(31)18-11(2)27-23-28(19(18)14-6-4-5-7-15(14)25)21(30)17(33-23)9-12-8-13(24)10-16(26)20(12)29/h4-10,19,29H,3H2,1-2H3/b17-9-.